The molecule has 2 aromatic heterocycles. The van der Waals surface area contributed by atoms with Crippen LogP contribution in [0.1, 0.15) is 42.7 Å². The van der Waals surface area contributed by atoms with Crippen molar-refractivity contribution in [2.45, 2.75) is 44.6 Å². The van der Waals surface area contributed by atoms with Crippen molar-refractivity contribution in [2.24, 2.45) is 0 Å². The molecule has 1 saturated heterocycles. The first kappa shape index (κ1) is 23.7. The monoisotopic (exact) mass is 518 g/mol. The lowest BCUT2D eigenvalue weighted by atomic mass is 10.1. The number of hydrogen-bond acceptors (Lipinski definition) is 7. The van der Waals surface area contributed by atoms with Crippen molar-refractivity contribution in [3.05, 3.63) is 79.6 Å². The second-order valence-electron chi connectivity index (χ2n) is 9.82. The summed E-state index contributed by atoms with van der Waals surface area (Å²) in [6, 6.07) is 11.4. The van der Waals surface area contributed by atoms with Gasteiger partial charge in [-0.2, -0.15) is 4.98 Å². The molecule has 1 aliphatic carbocycles. The smallest absolute Gasteiger partial charge is 0.334 e. The number of anilines is 3. The molecule has 3 N–H and O–H groups in total. The molecule has 1 aliphatic heterocycles. The fourth-order valence-corrected chi connectivity index (χ4v) is 5.35. The summed E-state index contributed by atoms with van der Waals surface area (Å²) in [5.74, 6) is 0.569. The number of aliphatic hydroxyl groups excluding tert-OH is 1. The first-order chi connectivity index (χ1) is 17.9. The lowest BCUT2D eigenvalue weighted by Gasteiger charge is -2.32. The minimum Gasteiger partial charge on any atom is -0.393 e. The molecule has 0 unspecified atom stereocenters. The van der Waals surface area contributed by atoms with E-state index < -0.39 is 11.2 Å². The van der Waals surface area contributed by atoms with Crippen LogP contribution in [-0.4, -0.2) is 43.8 Å². The molecule has 2 aromatic carbocycles. The highest BCUT2D eigenvalue weighted by atomic mass is 35.5. The van der Waals surface area contributed by atoms with Crippen LogP contribution in [0.5, 0.6) is 0 Å². The first-order valence-corrected chi connectivity index (χ1v) is 12.9. The standard InChI is InChI=1S/C27H27ClN6O3/c1-15-13-17(7-8-22(15)33-11-9-18(35)10-12-33)30-26-29-14-20-24(31-26)32-27(37)34(25(20)36)23-19(16-5-6-16)3-2-4-21(23)28/h2-4,7-8,13-14,16,18,35H,5-6,9-12H2,1H3,(H2,29,30,31,32,37). The quantitative estimate of drug-likeness (QED) is 0.365. The highest BCUT2D eigenvalue weighted by Crippen LogP contribution is 2.44. The van der Waals surface area contributed by atoms with E-state index in [0.717, 1.165) is 65.8 Å². The summed E-state index contributed by atoms with van der Waals surface area (Å²) in [6.45, 7) is 3.69. The third-order valence-electron chi connectivity index (χ3n) is 7.17. The van der Waals surface area contributed by atoms with Crippen molar-refractivity contribution in [1.82, 2.24) is 19.5 Å². The van der Waals surface area contributed by atoms with Crippen LogP contribution < -0.4 is 21.5 Å². The Balaban J connectivity index is 1.31. The Bertz CT molecular complexity index is 1620. The van der Waals surface area contributed by atoms with E-state index in [1.807, 2.05) is 37.3 Å². The van der Waals surface area contributed by atoms with Gasteiger partial charge in [-0.05, 0) is 73.9 Å². The molecule has 0 bridgehead atoms. The number of nitrogens with zero attached hydrogens (tertiary/aromatic N) is 4. The molecular formula is C27H27ClN6O3. The fourth-order valence-electron chi connectivity index (χ4n) is 5.08. The lowest BCUT2D eigenvalue weighted by Crippen LogP contribution is -2.36. The van der Waals surface area contributed by atoms with E-state index in [9.17, 15) is 14.7 Å². The molecule has 0 amide bonds. The van der Waals surface area contributed by atoms with Gasteiger partial charge < -0.3 is 15.3 Å². The topological polar surface area (TPSA) is 116 Å². The number of H-pyrrole nitrogens is 1. The summed E-state index contributed by atoms with van der Waals surface area (Å²) in [5, 5.41) is 13.5. The largest absolute Gasteiger partial charge is 0.393 e. The van der Waals surface area contributed by atoms with E-state index in [1.165, 1.54) is 6.20 Å². The van der Waals surface area contributed by atoms with Gasteiger partial charge in [-0.15, -0.1) is 0 Å². The zero-order valence-corrected chi connectivity index (χ0v) is 21.1. The van der Waals surface area contributed by atoms with Crippen molar-refractivity contribution in [3.8, 4) is 5.69 Å². The maximum atomic E-state index is 13.4. The highest BCUT2D eigenvalue weighted by Gasteiger charge is 2.29. The van der Waals surface area contributed by atoms with Crippen molar-refractivity contribution in [2.75, 3.05) is 23.3 Å². The molecule has 3 heterocycles. The summed E-state index contributed by atoms with van der Waals surface area (Å²) in [4.78, 5) is 40.2. The molecule has 0 atom stereocenters. The van der Waals surface area contributed by atoms with Crippen LogP contribution in [0.3, 0.4) is 0 Å². The van der Waals surface area contributed by atoms with Gasteiger partial charge >= 0.3 is 5.69 Å². The van der Waals surface area contributed by atoms with Gasteiger partial charge in [0.05, 0.1) is 16.8 Å². The van der Waals surface area contributed by atoms with Crippen molar-refractivity contribution >= 4 is 40.0 Å². The molecule has 2 fully saturated rings. The number of benzene rings is 2. The Hall–Kier alpha value is -3.69. The Morgan fingerprint density at radius 2 is 1.89 bits per heavy atom. The van der Waals surface area contributed by atoms with Crippen LogP contribution in [0.15, 0.2) is 52.2 Å². The number of aromatic amines is 1. The predicted octanol–water partition coefficient (Wildman–Crippen LogP) is 4.01. The van der Waals surface area contributed by atoms with E-state index in [-0.39, 0.29) is 23.1 Å². The first-order valence-electron chi connectivity index (χ1n) is 12.5. The Morgan fingerprint density at radius 1 is 1.11 bits per heavy atom. The van der Waals surface area contributed by atoms with Gasteiger partial charge in [0, 0.05) is 30.7 Å². The maximum Gasteiger partial charge on any atom is 0.334 e. The van der Waals surface area contributed by atoms with Gasteiger partial charge in [0.1, 0.15) is 5.39 Å². The summed E-state index contributed by atoms with van der Waals surface area (Å²) in [5.41, 5.74) is 3.40. The van der Waals surface area contributed by atoms with Crippen LogP contribution in [0.25, 0.3) is 16.7 Å². The molecule has 1 saturated carbocycles. The van der Waals surface area contributed by atoms with E-state index >= 15 is 0 Å². The van der Waals surface area contributed by atoms with Gasteiger partial charge in [-0.1, -0.05) is 23.7 Å². The number of aliphatic hydroxyl groups is 1. The number of halogens is 1. The second-order valence-corrected chi connectivity index (χ2v) is 10.2. The van der Waals surface area contributed by atoms with E-state index in [4.69, 9.17) is 11.6 Å². The molecule has 37 heavy (non-hydrogen) atoms. The zero-order chi connectivity index (χ0) is 25.7. The van der Waals surface area contributed by atoms with Gasteiger partial charge in [-0.25, -0.2) is 14.3 Å². The van der Waals surface area contributed by atoms with Gasteiger partial charge in [-0.3, -0.25) is 9.78 Å². The normalized spacial score (nSPS) is 16.4. The molecule has 4 aromatic rings. The summed E-state index contributed by atoms with van der Waals surface area (Å²) in [6.07, 6.45) is 4.75. The average molecular weight is 519 g/mol. The van der Waals surface area contributed by atoms with Crippen LogP contribution in [-0.2, 0) is 0 Å². The number of para-hydroxylation sites is 1. The van der Waals surface area contributed by atoms with E-state index in [2.05, 4.69) is 25.2 Å². The second kappa shape index (κ2) is 9.32. The van der Waals surface area contributed by atoms with Gasteiger partial charge in [0.25, 0.3) is 5.56 Å². The molecule has 9 nitrogen and oxygen atoms in total. The molecule has 0 radical (unpaired) electrons. The van der Waals surface area contributed by atoms with Gasteiger partial charge in [0.2, 0.25) is 5.95 Å². The van der Waals surface area contributed by atoms with Crippen LogP contribution in [0.2, 0.25) is 5.02 Å². The Kier molecular flexibility index (Phi) is 5.97. The minimum absolute atomic E-state index is 0.156. The number of fused-ring (bicyclic) bond motifs is 1. The predicted molar refractivity (Wildman–Crippen MR) is 145 cm³/mol. The van der Waals surface area contributed by atoms with E-state index in [1.54, 1.807) is 6.07 Å². The summed E-state index contributed by atoms with van der Waals surface area (Å²) < 4.78 is 1.09. The molecule has 10 heteroatoms. The maximum absolute atomic E-state index is 13.4. The Morgan fingerprint density at radius 3 is 2.62 bits per heavy atom. The molecule has 0 spiro atoms. The molecule has 6 rings (SSSR count). The van der Waals surface area contributed by atoms with Crippen LogP contribution in [0.4, 0.5) is 17.3 Å². The van der Waals surface area contributed by atoms with Gasteiger partial charge in [0.15, 0.2) is 5.65 Å². The molecular weight excluding hydrogens is 492 g/mol. The number of piperidine rings is 1. The molecule has 190 valence electrons. The van der Waals surface area contributed by atoms with Crippen molar-refractivity contribution in [3.63, 3.8) is 0 Å². The van der Waals surface area contributed by atoms with E-state index in [0.29, 0.717) is 16.6 Å². The third kappa shape index (κ3) is 4.49. The molecule has 2 aliphatic rings. The number of aryl methyl sites for hydroxylation is 1. The highest BCUT2D eigenvalue weighted by molar-refractivity contribution is 6.32. The van der Waals surface area contributed by atoms with Crippen LogP contribution >= 0.6 is 11.6 Å². The fraction of sp³-hybridized carbons (Fsp3) is 0.333. The summed E-state index contributed by atoms with van der Waals surface area (Å²) >= 11 is 6.46. The Labute approximate surface area is 217 Å². The van der Waals surface area contributed by atoms with Crippen LogP contribution in [0, 0.1) is 6.92 Å². The third-order valence-corrected chi connectivity index (χ3v) is 7.47. The number of hydrogen-bond donors (Lipinski definition) is 3. The summed E-state index contributed by atoms with van der Waals surface area (Å²) in [7, 11) is 0. The number of aromatic nitrogens is 4. The van der Waals surface area contributed by atoms with Crippen molar-refractivity contribution in [1.29, 1.82) is 0 Å². The number of nitrogens with one attached hydrogen (secondary N) is 2. The lowest BCUT2D eigenvalue weighted by molar-refractivity contribution is 0.145. The average Bonchev–Trinajstić information content (AvgIpc) is 3.71. The minimum atomic E-state index is -0.594. The zero-order valence-electron chi connectivity index (χ0n) is 20.4. The SMILES string of the molecule is Cc1cc(Nc2ncc3c(=O)n(-c4c(Cl)cccc4C4CC4)c(=O)[nH]c3n2)ccc1N1CCC(O)CC1. The number of rotatable bonds is 5. The van der Waals surface area contributed by atoms with Crippen molar-refractivity contribution < 1.29 is 5.11 Å².